The smallest absolute Gasteiger partial charge is 0.197 e. The van der Waals surface area contributed by atoms with Gasteiger partial charge >= 0.3 is 0 Å². The average Bonchev–Trinajstić information content (AvgIpc) is 2.47. The van der Waals surface area contributed by atoms with Crippen LogP contribution in [0.25, 0.3) is 22.0 Å². The highest BCUT2D eigenvalue weighted by Gasteiger charge is 2.11. The number of aromatic amines is 1. The second kappa shape index (κ2) is 4.85. The van der Waals surface area contributed by atoms with Crippen molar-refractivity contribution in [2.75, 3.05) is 7.11 Å². The van der Waals surface area contributed by atoms with Crippen molar-refractivity contribution in [2.24, 2.45) is 0 Å². The molecule has 3 rings (SSSR count). The van der Waals surface area contributed by atoms with Crippen LogP contribution in [-0.2, 0) is 0 Å². The van der Waals surface area contributed by atoms with E-state index >= 15 is 0 Å². The summed E-state index contributed by atoms with van der Waals surface area (Å²) in [7, 11) is 1.62. The van der Waals surface area contributed by atoms with E-state index in [1.165, 1.54) is 0 Å². The first kappa shape index (κ1) is 12.5. The van der Waals surface area contributed by atoms with Crippen LogP contribution in [0.2, 0.25) is 0 Å². The molecular formula is C17H15NO2. The lowest BCUT2D eigenvalue weighted by Crippen LogP contribution is -2.09. The standard InChI is InChI=1S/C17H15NO2/c1-11-16(12-6-4-3-5-7-12)17(19)14-9-8-13(20-2)10-15(14)18-11/h3-10H,1-2H3,(H,18,19). The molecule has 1 aromatic heterocycles. The first-order chi connectivity index (χ1) is 9.70. The Morgan fingerprint density at radius 2 is 1.80 bits per heavy atom. The fourth-order valence-electron chi connectivity index (χ4n) is 2.47. The summed E-state index contributed by atoms with van der Waals surface area (Å²) >= 11 is 0. The van der Waals surface area contributed by atoms with Crippen molar-refractivity contribution in [3.8, 4) is 16.9 Å². The predicted molar refractivity (Wildman–Crippen MR) is 81.3 cm³/mol. The molecule has 0 saturated carbocycles. The molecule has 0 saturated heterocycles. The molecule has 3 heteroatoms. The van der Waals surface area contributed by atoms with Crippen LogP contribution in [0.1, 0.15) is 5.69 Å². The largest absolute Gasteiger partial charge is 0.497 e. The van der Waals surface area contributed by atoms with Gasteiger partial charge in [-0.1, -0.05) is 30.3 Å². The molecule has 0 amide bonds. The van der Waals surface area contributed by atoms with Gasteiger partial charge in [0.05, 0.1) is 12.6 Å². The zero-order chi connectivity index (χ0) is 14.1. The summed E-state index contributed by atoms with van der Waals surface area (Å²) in [5.74, 6) is 0.736. The number of H-pyrrole nitrogens is 1. The molecule has 0 aliphatic rings. The third kappa shape index (κ3) is 1.97. The number of pyridine rings is 1. The van der Waals surface area contributed by atoms with Gasteiger partial charge in [-0.25, -0.2) is 0 Å². The van der Waals surface area contributed by atoms with Crippen molar-refractivity contribution in [1.82, 2.24) is 4.98 Å². The molecule has 1 heterocycles. The van der Waals surface area contributed by atoms with Crippen LogP contribution in [0.5, 0.6) is 5.75 Å². The Balaban J connectivity index is 2.33. The fraction of sp³-hybridized carbons (Fsp3) is 0.118. The number of ether oxygens (including phenoxy) is 1. The van der Waals surface area contributed by atoms with Gasteiger partial charge < -0.3 is 9.72 Å². The quantitative estimate of drug-likeness (QED) is 0.770. The normalized spacial score (nSPS) is 10.7. The molecule has 0 aliphatic heterocycles. The van der Waals surface area contributed by atoms with E-state index in [1.54, 1.807) is 13.2 Å². The van der Waals surface area contributed by atoms with E-state index in [2.05, 4.69) is 4.98 Å². The molecule has 3 nitrogen and oxygen atoms in total. The molecule has 0 unspecified atom stereocenters. The van der Waals surface area contributed by atoms with Crippen LogP contribution in [-0.4, -0.2) is 12.1 Å². The molecular weight excluding hydrogens is 250 g/mol. The SMILES string of the molecule is COc1ccc2c(=O)c(-c3ccccc3)c(C)[nH]c2c1. The third-order valence-electron chi connectivity index (χ3n) is 3.46. The summed E-state index contributed by atoms with van der Waals surface area (Å²) in [5, 5.41) is 0.676. The Morgan fingerprint density at radius 1 is 1.05 bits per heavy atom. The van der Waals surface area contributed by atoms with Crippen LogP contribution >= 0.6 is 0 Å². The highest BCUT2D eigenvalue weighted by atomic mass is 16.5. The van der Waals surface area contributed by atoms with Crippen LogP contribution in [0, 0.1) is 6.92 Å². The molecule has 0 spiro atoms. The molecule has 0 aliphatic carbocycles. The number of aryl methyl sites for hydroxylation is 1. The summed E-state index contributed by atoms with van der Waals surface area (Å²) in [6, 6.07) is 15.2. The van der Waals surface area contributed by atoms with Crippen LogP contribution in [0.4, 0.5) is 0 Å². The lowest BCUT2D eigenvalue weighted by atomic mass is 10.0. The number of hydrogen-bond donors (Lipinski definition) is 1. The lowest BCUT2D eigenvalue weighted by Gasteiger charge is -2.09. The van der Waals surface area contributed by atoms with Crippen molar-refractivity contribution in [3.05, 3.63) is 64.4 Å². The van der Waals surface area contributed by atoms with E-state index in [4.69, 9.17) is 4.74 Å². The second-order valence-corrected chi connectivity index (χ2v) is 4.73. The van der Waals surface area contributed by atoms with Crippen LogP contribution < -0.4 is 10.2 Å². The fourth-order valence-corrected chi connectivity index (χ4v) is 2.47. The molecule has 20 heavy (non-hydrogen) atoms. The molecule has 0 radical (unpaired) electrons. The molecule has 0 bridgehead atoms. The van der Waals surface area contributed by atoms with Crippen molar-refractivity contribution in [3.63, 3.8) is 0 Å². The molecule has 1 N–H and O–H groups in total. The minimum atomic E-state index is 0.0464. The number of rotatable bonds is 2. The van der Waals surface area contributed by atoms with Gasteiger partial charge in [-0.3, -0.25) is 4.79 Å². The van der Waals surface area contributed by atoms with Gasteiger partial charge in [0.15, 0.2) is 5.43 Å². The monoisotopic (exact) mass is 265 g/mol. The van der Waals surface area contributed by atoms with E-state index in [0.717, 1.165) is 28.1 Å². The molecule has 0 fully saturated rings. The van der Waals surface area contributed by atoms with E-state index in [9.17, 15) is 4.79 Å². The maximum absolute atomic E-state index is 12.7. The second-order valence-electron chi connectivity index (χ2n) is 4.73. The molecule has 3 aromatic rings. The van der Waals surface area contributed by atoms with Crippen molar-refractivity contribution in [1.29, 1.82) is 0 Å². The molecule has 0 atom stereocenters. The van der Waals surface area contributed by atoms with E-state index in [-0.39, 0.29) is 5.43 Å². The number of nitrogens with one attached hydrogen (secondary N) is 1. The first-order valence-electron chi connectivity index (χ1n) is 6.47. The van der Waals surface area contributed by atoms with Gasteiger partial charge in [0.1, 0.15) is 5.75 Å². The Morgan fingerprint density at radius 3 is 2.50 bits per heavy atom. The Hall–Kier alpha value is -2.55. The van der Waals surface area contributed by atoms with Gasteiger partial charge in [0.2, 0.25) is 0 Å². The van der Waals surface area contributed by atoms with Gasteiger partial charge in [0.25, 0.3) is 0 Å². The minimum Gasteiger partial charge on any atom is -0.497 e. The van der Waals surface area contributed by atoms with Crippen molar-refractivity contribution >= 4 is 10.9 Å². The van der Waals surface area contributed by atoms with E-state index < -0.39 is 0 Å². The summed E-state index contributed by atoms with van der Waals surface area (Å²) in [6.07, 6.45) is 0. The summed E-state index contributed by atoms with van der Waals surface area (Å²) < 4.78 is 5.19. The number of fused-ring (bicyclic) bond motifs is 1. The van der Waals surface area contributed by atoms with E-state index in [0.29, 0.717) is 5.39 Å². The predicted octanol–water partition coefficient (Wildman–Crippen LogP) is 3.51. The highest BCUT2D eigenvalue weighted by Crippen LogP contribution is 2.23. The molecule has 2 aromatic carbocycles. The maximum atomic E-state index is 12.7. The topological polar surface area (TPSA) is 42.1 Å². The van der Waals surface area contributed by atoms with Crippen molar-refractivity contribution < 1.29 is 4.74 Å². The molecule has 100 valence electrons. The Bertz CT molecular complexity index is 820. The van der Waals surface area contributed by atoms with Crippen LogP contribution in [0.3, 0.4) is 0 Å². The zero-order valence-electron chi connectivity index (χ0n) is 11.4. The van der Waals surface area contributed by atoms with Gasteiger partial charge in [-0.2, -0.15) is 0 Å². The number of benzene rings is 2. The summed E-state index contributed by atoms with van der Waals surface area (Å²) in [4.78, 5) is 16.0. The number of methoxy groups -OCH3 is 1. The van der Waals surface area contributed by atoms with Gasteiger partial charge in [-0.05, 0) is 24.6 Å². The third-order valence-corrected chi connectivity index (χ3v) is 3.46. The lowest BCUT2D eigenvalue weighted by molar-refractivity contribution is 0.415. The van der Waals surface area contributed by atoms with Crippen molar-refractivity contribution in [2.45, 2.75) is 6.92 Å². The number of hydrogen-bond acceptors (Lipinski definition) is 2. The van der Waals surface area contributed by atoms with Gasteiger partial charge in [0, 0.05) is 22.7 Å². The highest BCUT2D eigenvalue weighted by molar-refractivity contribution is 5.85. The Labute approximate surface area is 116 Å². The minimum absolute atomic E-state index is 0.0464. The average molecular weight is 265 g/mol. The van der Waals surface area contributed by atoms with Crippen LogP contribution in [0.15, 0.2) is 53.3 Å². The zero-order valence-corrected chi connectivity index (χ0v) is 11.4. The summed E-state index contributed by atoms with van der Waals surface area (Å²) in [5.41, 5.74) is 3.37. The number of aromatic nitrogens is 1. The summed E-state index contributed by atoms with van der Waals surface area (Å²) in [6.45, 7) is 1.92. The first-order valence-corrected chi connectivity index (χ1v) is 6.47. The Kier molecular flexibility index (Phi) is 3.03. The maximum Gasteiger partial charge on any atom is 0.197 e. The van der Waals surface area contributed by atoms with Gasteiger partial charge in [-0.15, -0.1) is 0 Å². The van der Waals surface area contributed by atoms with E-state index in [1.807, 2.05) is 49.4 Å².